The van der Waals surface area contributed by atoms with E-state index < -0.39 is 0 Å². The van der Waals surface area contributed by atoms with Gasteiger partial charge in [0.25, 0.3) is 5.91 Å². The van der Waals surface area contributed by atoms with Crippen molar-refractivity contribution >= 4 is 37.8 Å². The molecule has 4 heteroatoms. The van der Waals surface area contributed by atoms with Crippen LogP contribution in [0.5, 0.6) is 0 Å². The summed E-state index contributed by atoms with van der Waals surface area (Å²) in [6.07, 6.45) is 3.42. The van der Waals surface area contributed by atoms with Gasteiger partial charge in [-0.15, -0.1) is 0 Å². The van der Waals surface area contributed by atoms with E-state index in [-0.39, 0.29) is 5.91 Å². The van der Waals surface area contributed by atoms with E-state index in [1.165, 1.54) is 6.42 Å². The van der Waals surface area contributed by atoms with Crippen LogP contribution in [0.3, 0.4) is 0 Å². The molecule has 1 aliphatic rings. The molecule has 1 unspecified atom stereocenters. The molecular formula is C17H23Br2NO. The van der Waals surface area contributed by atoms with E-state index in [0.717, 1.165) is 40.4 Å². The van der Waals surface area contributed by atoms with Gasteiger partial charge in [0, 0.05) is 22.0 Å². The highest BCUT2D eigenvalue weighted by Crippen LogP contribution is 2.34. The third-order valence-electron chi connectivity index (χ3n) is 4.40. The summed E-state index contributed by atoms with van der Waals surface area (Å²) in [6, 6.07) is 5.75. The summed E-state index contributed by atoms with van der Waals surface area (Å²) in [5.74, 6) is 0.840. The number of carbonyl (C=O) groups is 1. The third kappa shape index (κ3) is 4.32. The molecule has 1 fully saturated rings. The maximum Gasteiger partial charge on any atom is 0.254 e. The molecule has 1 aromatic rings. The average molecular weight is 417 g/mol. The van der Waals surface area contributed by atoms with E-state index in [2.05, 4.69) is 52.6 Å². The Morgan fingerprint density at radius 1 is 1.19 bits per heavy atom. The van der Waals surface area contributed by atoms with Crippen molar-refractivity contribution in [2.45, 2.75) is 40.0 Å². The Bertz CT molecular complexity index is 522. The van der Waals surface area contributed by atoms with Crippen molar-refractivity contribution in [3.05, 3.63) is 32.7 Å². The summed E-state index contributed by atoms with van der Waals surface area (Å²) in [5, 5.41) is 0. The van der Waals surface area contributed by atoms with Gasteiger partial charge in [-0.05, 0) is 64.7 Å². The van der Waals surface area contributed by atoms with Crippen LogP contribution in [0.2, 0.25) is 0 Å². The largest absolute Gasteiger partial charge is 0.339 e. The van der Waals surface area contributed by atoms with Crippen molar-refractivity contribution in [3.8, 4) is 0 Å². The lowest BCUT2D eigenvalue weighted by molar-refractivity contribution is 0.0754. The van der Waals surface area contributed by atoms with Gasteiger partial charge in [0.05, 0.1) is 5.56 Å². The van der Waals surface area contributed by atoms with Crippen LogP contribution in [0.1, 0.15) is 50.4 Å². The molecule has 0 saturated carbocycles. The maximum atomic E-state index is 12.7. The first kappa shape index (κ1) is 17.0. The Hall–Kier alpha value is -0.350. The number of hydrogen-bond donors (Lipinski definition) is 0. The number of halogens is 2. The lowest BCUT2D eigenvalue weighted by Crippen LogP contribution is -2.32. The Kier molecular flexibility index (Phi) is 5.53. The van der Waals surface area contributed by atoms with E-state index in [9.17, 15) is 4.79 Å². The summed E-state index contributed by atoms with van der Waals surface area (Å²) in [7, 11) is 0. The molecule has 1 amide bonds. The molecule has 1 aromatic carbocycles. The van der Waals surface area contributed by atoms with Gasteiger partial charge in [-0.25, -0.2) is 0 Å². The molecule has 1 atom stereocenters. The van der Waals surface area contributed by atoms with Crippen molar-refractivity contribution in [2.75, 3.05) is 13.1 Å². The van der Waals surface area contributed by atoms with E-state index in [1.807, 2.05) is 23.1 Å². The molecule has 21 heavy (non-hydrogen) atoms. The average Bonchev–Trinajstić information content (AvgIpc) is 2.63. The highest BCUT2D eigenvalue weighted by atomic mass is 79.9. The topological polar surface area (TPSA) is 20.3 Å². The van der Waals surface area contributed by atoms with Gasteiger partial charge in [0.2, 0.25) is 0 Å². The molecule has 0 spiro atoms. The lowest BCUT2D eigenvalue weighted by atomic mass is 9.77. The number of benzene rings is 1. The normalized spacial score (nSPS) is 20.2. The molecule has 1 aliphatic heterocycles. The minimum Gasteiger partial charge on any atom is -0.339 e. The van der Waals surface area contributed by atoms with Crippen LogP contribution in [0.15, 0.2) is 27.1 Å². The molecule has 0 aromatic heterocycles. The number of nitrogens with zero attached hydrogens (tertiary/aromatic N) is 1. The molecule has 0 radical (unpaired) electrons. The predicted molar refractivity (Wildman–Crippen MR) is 94.5 cm³/mol. The van der Waals surface area contributed by atoms with Gasteiger partial charge in [-0.2, -0.15) is 0 Å². The number of rotatable bonds is 1. The molecular weight excluding hydrogens is 394 g/mol. The third-order valence-corrected chi connectivity index (χ3v) is 5.55. The zero-order chi connectivity index (χ0) is 15.6. The van der Waals surface area contributed by atoms with Crippen molar-refractivity contribution < 1.29 is 4.79 Å². The van der Waals surface area contributed by atoms with Crippen molar-refractivity contribution in [3.63, 3.8) is 0 Å². The van der Waals surface area contributed by atoms with Crippen LogP contribution in [-0.2, 0) is 0 Å². The van der Waals surface area contributed by atoms with Crippen LogP contribution in [0.4, 0.5) is 0 Å². The molecule has 2 nitrogen and oxygen atoms in total. The monoisotopic (exact) mass is 415 g/mol. The number of likely N-dealkylation sites (tertiary alicyclic amines) is 1. The van der Waals surface area contributed by atoms with Crippen molar-refractivity contribution in [1.29, 1.82) is 0 Å². The second-order valence-corrected chi connectivity index (χ2v) is 8.68. The minimum atomic E-state index is 0.143. The highest BCUT2D eigenvalue weighted by Gasteiger charge is 2.29. The Morgan fingerprint density at radius 3 is 2.52 bits per heavy atom. The van der Waals surface area contributed by atoms with Gasteiger partial charge >= 0.3 is 0 Å². The second kappa shape index (κ2) is 6.82. The standard InChI is InChI=1S/C17H23Br2NO/c1-17(2,3)12-5-4-9-20(10-8-12)16(21)14-7-6-13(18)11-15(14)19/h6-7,11-12H,4-5,8-10H2,1-3H3. The van der Waals surface area contributed by atoms with E-state index in [0.29, 0.717) is 11.3 Å². The first-order valence-corrected chi connectivity index (χ1v) is 9.12. The fraction of sp³-hybridized carbons (Fsp3) is 0.588. The Labute approximate surface area is 144 Å². The summed E-state index contributed by atoms with van der Waals surface area (Å²) in [4.78, 5) is 14.7. The van der Waals surface area contributed by atoms with Gasteiger partial charge in [0.1, 0.15) is 0 Å². The Morgan fingerprint density at radius 2 is 1.90 bits per heavy atom. The zero-order valence-corrected chi connectivity index (χ0v) is 16.1. The molecule has 0 bridgehead atoms. The first-order chi connectivity index (χ1) is 9.79. The maximum absolute atomic E-state index is 12.7. The lowest BCUT2D eigenvalue weighted by Gasteiger charge is -2.29. The van der Waals surface area contributed by atoms with E-state index >= 15 is 0 Å². The second-order valence-electron chi connectivity index (χ2n) is 6.91. The molecule has 0 N–H and O–H groups in total. The molecule has 1 heterocycles. The first-order valence-electron chi connectivity index (χ1n) is 7.53. The number of amides is 1. The minimum absolute atomic E-state index is 0.143. The molecule has 0 aliphatic carbocycles. The van der Waals surface area contributed by atoms with Crippen LogP contribution in [0.25, 0.3) is 0 Å². The molecule has 1 saturated heterocycles. The summed E-state index contributed by atoms with van der Waals surface area (Å²) in [5.41, 5.74) is 1.09. The predicted octanol–water partition coefficient (Wildman–Crippen LogP) is 5.50. The smallest absolute Gasteiger partial charge is 0.254 e. The van der Waals surface area contributed by atoms with Gasteiger partial charge in [-0.3, -0.25) is 4.79 Å². The highest BCUT2D eigenvalue weighted by molar-refractivity contribution is 9.11. The van der Waals surface area contributed by atoms with Crippen LogP contribution in [0, 0.1) is 11.3 Å². The fourth-order valence-electron chi connectivity index (χ4n) is 3.00. The van der Waals surface area contributed by atoms with E-state index in [4.69, 9.17) is 0 Å². The quantitative estimate of drug-likeness (QED) is 0.591. The van der Waals surface area contributed by atoms with Crippen LogP contribution < -0.4 is 0 Å². The van der Waals surface area contributed by atoms with Crippen molar-refractivity contribution in [1.82, 2.24) is 4.90 Å². The fourth-order valence-corrected chi connectivity index (χ4v) is 4.22. The number of carbonyl (C=O) groups excluding carboxylic acids is 1. The number of hydrogen-bond acceptors (Lipinski definition) is 1. The summed E-state index contributed by atoms with van der Waals surface area (Å²) < 4.78 is 1.84. The van der Waals surface area contributed by atoms with Gasteiger partial charge in [-0.1, -0.05) is 36.7 Å². The van der Waals surface area contributed by atoms with E-state index in [1.54, 1.807) is 0 Å². The Balaban J connectivity index is 2.10. The van der Waals surface area contributed by atoms with Gasteiger partial charge in [0.15, 0.2) is 0 Å². The molecule has 2 rings (SSSR count). The molecule has 116 valence electrons. The van der Waals surface area contributed by atoms with Gasteiger partial charge < -0.3 is 4.90 Å². The summed E-state index contributed by atoms with van der Waals surface area (Å²) >= 11 is 6.93. The van der Waals surface area contributed by atoms with Crippen molar-refractivity contribution in [2.24, 2.45) is 11.3 Å². The van der Waals surface area contributed by atoms with Crippen LogP contribution in [-0.4, -0.2) is 23.9 Å². The van der Waals surface area contributed by atoms with Crippen LogP contribution >= 0.6 is 31.9 Å². The summed E-state index contributed by atoms with van der Waals surface area (Å²) in [6.45, 7) is 8.65. The SMILES string of the molecule is CC(C)(C)C1CCCN(C(=O)c2ccc(Br)cc2Br)CC1. The zero-order valence-electron chi connectivity index (χ0n) is 13.0.